The Bertz CT molecular complexity index is 488. The molecule has 6 heteroatoms. The van der Waals surface area contributed by atoms with Crippen molar-refractivity contribution in [1.82, 2.24) is 20.4 Å². The summed E-state index contributed by atoms with van der Waals surface area (Å²) in [7, 11) is 4.05. The second-order valence-electron chi connectivity index (χ2n) is 6.76. The second kappa shape index (κ2) is 5.44. The molecule has 20 heavy (non-hydrogen) atoms. The third-order valence-electron chi connectivity index (χ3n) is 3.51. The number of hydrogen-bond donors (Lipinski definition) is 3. The van der Waals surface area contributed by atoms with Gasteiger partial charge in [0.1, 0.15) is 0 Å². The number of carbonyl (C=O) groups excluding carboxylic acids is 1. The molecule has 0 atom stereocenters. The van der Waals surface area contributed by atoms with Gasteiger partial charge in [0, 0.05) is 19.0 Å². The quantitative estimate of drug-likeness (QED) is 0.730. The lowest BCUT2D eigenvalue weighted by Crippen LogP contribution is -2.40. The predicted molar refractivity (Wildman–Crippen MR) is 79.6 cm³/mol. The highest BCUT2D eigenvalue weighted by atomic mass is 16.1. The van der Waals surface area contributed by atoms with Gasteiger partial charge in [-0.3, -0.25) is 9.89 Å². The van der Waals surface area contributed by atoms with Crippen molar-refractivity contribution in [2.75, 3.05) is 32.9 Å². The van der Waals surface area contributed by atoms with E-state index < -0.39 is 0 Å². The van der Waals surface area contributed by atoms with Crippen molar-refractivity contribution < 1.29 is 4.79 Å². The first-order valence-electron chi connectivity index (χ1n) is 7.07. The van der Waals surface area contributed by atoms with Crippen molar-refractivity contribution in [3.63, 3.8) is 0 Å². The van der Waals surface area contributed by atoms with E-state index in [-0.39, 0.29) is 11.3 Å². The van der Waals surface area contributed by atoms with Crippen molar-refractivity contribution in [3.05, 3.63) is 11.4 Å². The molecule has 0 bridgehead atoms. The van der Waals surface area contributed by atoms with Gasteiger partial charge in [-0.2, -0.15) is 5.10 Å². The van der Waals surface area contributed by atoms with Crippen LogP contribution in [0.25, 0.3) is 0 Å². The summed E-state index contributed by atoms with van der Waals surface area (Å²) in [6, 6.07) is 0. The summed E-state index contributed by atoms with van der Waals surface area (Å²) in [5.74, 6) is 0.270. The highest BCUT2D eigenvalue weighted by Gasteiger charge is 2.30. The van der Waals surface area contributed by atoms with Gasteiger partial charge >= 0.3 is 0 Å². The Hall–Kier alpha value is -1.56. The molecular weight excluding hydrogens is 254 g/mol. The number of rotatable bonds is 6. The van der Waals surface area contributed by atoms with Gasteiger partial charge in [-0.05, 0) is 32.4 Å². The van der Waals surface area contributed by atoms with E-state index in [2.05, 4.69) is 34.3 Å². The van der Waals surface area contributed by atoms with Crippen LogP contribution < -0.4 is 11.1 Å². The first-order valence-corrected chi connectivity index (χ1v) is 7.07. The lowest BCUT2D eigenvalue weighted by Gasteiger charge is -2.28. The summed E-state index contributed by atoms with van der Waals surface area (Å²) in [6.45, 7) is 5.74. The number of aromatic nitrogens is 2. The molecule has 0 spiro atoms. The van der Waals surface area contributed by atoms with Crippen molar-refractivity contribution in [3.8, 4) is 0 Å². The summed E-state index contributed by atoms with van der Waals surface area (Å²) in [4.78, 5) is 14.3. The van der Waals surface area contributed by atoms with Crippen molar-refractivity contribution >= 4 is 11.6 Å². The fourth-order valence-corrected chi connectivity index (χ4v) is 2.54. The molecule has 2 rings (SSSR count). The van der Waals surface area contributed by atoms with Gasteiger partial charge in [0.15, 0.2) is 5.69 Å². The van der Waals surface area contributed by atoms with Gasteiger partial charge in [-0.1, -0.05) is 13.8 Å². The van der Waals surface area contributed by atoms with Crippen molar-refractivity contribution in [2.45, 2.75) is 32.6 Å². The molecule has 0 aromatic carbocycles. The first-order chi connectivity index (χ1) is 9.30. The van der Waals surface area contributed by atoms with Crippen LogP contribution in [0.4, 0.5) is 5.69 Å². The van der Waals surface area contributed by atoms with Gasteiger partial charge in [0.25, 0.3) is 5.91 Å². The molecular formula is C14H25N5O. The predicted octanol–water partition coefficient (Wildman–Crippen LogP) is 1.19. The number of amides is 1. The van der Waals surface area contributed by atoms with E-state index in [1.807, 2.05) is 14.1 Å². The SMILES string of the molecule is CN(C)CC(C)(C)CNC(=O)c1n[nH]c(C2CC2)c1N. The normalized spacial score (nSPS) is 15.7. The van der Waals surface area contributed by atoms with Crippen LogP contribution in [-0.2, 0) is 0 Å². The lowest BCUT2D eigenvalue weighted by atomic mass is 9.93. The topological polar surface area (TPSA) is 87.0 Å². The highest BCUT2D eigenvalue weighted by molar-refractivity contribution is 5.97. The molecule has 1 aromatic heterocycles. The van der Waals surface area contributed by atoms with E-state index in [1.54, 1.807) is 0 Å². The Morgan fingerprint density at radius 1 is 1.50 bits per heavy atom. The summed E-state index contributed by atoms with van der Waals surface area (Å²) in [5.41, 5.74) is 7.76. The van der Waals surface area contributed by atoms with E-state index >= 15 is 0 Å². The van der Waals surface area contributed by atoms with Crippen LogP contribution in [0, 0.1) is 5.41 Å². The minimum absolute atomic E-state index is 0.00352. The number of H-pyrrole nitrogens is 1. The Labute approximate surface area is 120 Å². The smallest absolute Gasteiger partial charge is 0.273 e. The lowest BCUT2D eigenvalue weighted by molar-refractivity contribution is 0.0925. The second-order valence-corrected chi connectivity index (χ2v) is 6.76. The molecule has 0 saturated heterocycles. The minimum Gasteiger partial charge on any atom is -0.395 e. The zero-order valence-electron chi connectivity index (χ0n) is 12.8. The molecule has 1 aromatic rings. The van der Waals surface area contributed by atoms with Crippen LogP contribution in [0.15, 0.2) is 0 Å². The van der Waals surface area contributed by atoms with E-state index in [1.165, 1.54) is 0 Å². The fourth-order valence-electron chi connectivity index (χ4n) is 2.54. The zero-order chi connectivity index (χ0) is 14.9. The maximum Gasteiger partial charge on any atom is 0.273 e. The van der Waals surface area contributed by atoms with Gasteiger partial charge in [0.2, 0.25) is 0 Å². The summed E-state index contributed by atoms with van der Waals surface area (Å²) >= 11 is 0. The Kier molecular flexibility index (Phi) is 4.04. The summed E-state index contributed by atoms with van der Waals surface area (Å²) < 4.78 is 0. The van der Waals surface area contributed by atoms with Crippen LogP contribution in [-0.4, -0.2) is 48.2 Å². The molecule has 1 amide bonds. The standard InChI is InChI=1S/C14H25N5O/c1-14(2,8-19(3)4)7-16-13(20)12-10(15)11(17-18-12)9-5-6-9/h9H,5-8,15H2,1-4H3,(H,16,20)(H,17,18). The van der Waals surface area contributed by atoms with Crippen molar-refractivity contribution in [1.29, 1.82) is 0 Å². The van der Waals surface area contributed by atoms with Crippen LogP contribution >= 0.6 is 0 Å². The largest absolute Gasteiger partial charge is 0.395 e. The highest BCUT2D eigenvalue weighted by Crippen LogP contribution is 2.42. The molecule has 0 radical (unpaired) electrons. The first kappa shape index (κ1) is 14.8. The molecule has 6 nitrogen and oxygen atoms in total. The van der Waals surface area contributed by atoms with E-state index in [0.29, 0.717) is 23.8 Å². The number of anilines is 1. The van der Waals surface area contributed by atoms with Gasteiger partial charge in [-0.15, -0.1) is 0 Å². The number of nitrogen functional groups attached to an aromatic ring is 1. The Morgan fingerprint density at radius 2 is 2.15 bits per heavy atom. The van der Waals surface area contributed by atoms with E-state index in [0.717, 1.165) is 25.1 Å². The maximum absolute atomic E-state index is 12.2. The van der Waals surface area contributed by atoms with Crippen LogP contribution in [0.2, 0.25) is 0 Å². The molecule has 1 saturated carbocycles. The minimum atomic E-state index is -0.197. The molecule has 112 valence electrons. The van der Waals surface area contributed by atoms with E-state index in [4.69, 9.17) is 5.73 Å². The van der Waals surface area contributed by atoms with Crippen molar-refractivity contribution in [2.24, 2.45) is 5.41 Å². The zero-order valence-corrected chi connectivity index (χ0v) is 12.8. The van der Waals surface area contributed by atoms with Gasteiger partial charge in [-0.25, -0.2) is 0 Å². The van der Waals surface area contributed by atoms with Crippen LogP contribution in [0.3, 0.4) is 0 Å². The number of carbonyl (C=O) groups is 1. The number of nitrogens with zero attached hydrogens (tertiary/aromatic N) is 2. The van der Waals surface area contributed by atoms with E-state index in [9.17, 15) is 4.79 Å². The number of nitrogens with one attached hydrogen (secondary N) is 2. The summed E-state index contributed by atoms with van der Waals surface area (Å²) in [6.07, 6.45) is 2.26. The Balaban J connectivity index is 1.95. The third-order valence-corrected chi connectivity index (χ3v) is 3.51. The van der Waals surface area contributed by atoms with Gasteiger partial charge in [0.05, 0.1) is 11.4 Å². The molecule has 1 aliphatic carbocycles. The fraction of sp³-hybridized carbons (Fsp3) is 0.714. The summed E-state index contributed by atoms with van der Waals surface area (Å²) in [5, 5.41) is 9.90. The number of nitrogens with two attached hydrogens (primary N) is 1. The number of aromatic amines is 1. The molecule has 4 N–H and O–H groups in total. The van der Waals surface area contributed by atoms with Crippen LogP contribution in [0.1, 0.15) is 48.8 Å². The molecule has 0 unspecified atom stereocenters. The molecule has 1 heterocycles. The van der Waals surface area contributed by atoms with Crippen LogP contribution in [0.5, 0.6) is 0 Å². The Morgan fingerprint density at radius 3 is 2.70 bits per heavy atom. The average Bonchev–Trinajstić information content (AvgIpc) is 3.09. The monoisotopic (exact) mass is 279 g/mol. The average molecular weight is 279 g/mol. The number of hydrogen-bond acceptors (Lipinski definition) is 4. The third kappa shape index (κ3) is 3.50. The maximum atomic E-state index is 12.2. The molecule has 1 fully saturated rings. The molecule has 1 aliphatic rings. The van der Waals surface area contributed by atoms with Gasteiger partial charge < -0.3 is 16.0 Å². The molecule has 0 aliphatic heterocycles.